The van der Waals surface area contributed by atoms with Crippen LogP contribution in [0.3, 0.4) is 0 Å². The van der Waals surface area contributed by atoms with E-state index in [1.165, 1.54) is 43.2 Å². The van der Waals surface area contributed by atoms with Crippen LogP contribution in [0, 0.1) is 11.3 Å². The number of nitrogens with zero attached hydrogens (tertiary/aromatic N) is 5. The molecular weight excluding hydrogens is 562 g/mol. The number of tetrazole rings is 1. The zero-order valence-corrected chi connectivity index (χ0v) is 25.7. The molecule has 9 nitrogen and oxygen atoms in total. The number of benzene rings is 2. The Kier molecular flexibility index (Phi) is 9.09. The Morgan fingerprint density at radius 1 is 1.05 bits per heavy atom. The maximum absolute atomic E-state index is 14.2. The first-order chi connectivity index (χ1) is 20.9. The van der Waals surface area contributed by atoms with Gasteiger partial charge in [-0.05, 0) is 82.7 Å². The predicted molar refractivity (Wildman–Crippen MR) is 165 cm³/mol. The minimum Gasteiger partial charge on any atom is -0.343 e. The number of hydrogen-bond donors (Lipinski definition) is 2. The van der Waals surface area contributed by atoms with Gasteiger partial charge < -0.3 is 15.5 Å². The minimum absolute atomic E-state index is 0.0166. The number of aryl methyl sites for hydroxylation is 1. The van der Waals surface area contributed by atoms with E-state index in [1.807, 2.05) is 48.3 Å². The Morgan fingerprint density at radius 2 is 1.77 bits per heavy atom. The Morgan fingerprint density at radius 3 is 2.47 bits per heavy atom. The van der Waals surface area contributed by atoms with Gasteiger partial charge in [0.15, 0.2) is 5.82 Å². The Hall–Kier alpha value is -3.30. The Bertz CT molecular complexity index is 1410. The molecule has 6 rings (SSSR count). The van der Waals surface area contributed by atoms with Crippen molar-refractivity contribution in [1.29, 1.82) is 0 Å². The maximum atomic E-state index is 14.2. The van der Waals surface area contributed by atoms with Crippen LogP contribution in [0.5, 0.6) is 0 Å². The van der Waals surface area contributed by atoms with E-state index in [2.05, 4.69) is 38.3 Å². The molecular formula is C33H42ClN7O2. The lowest BCUT2D eigenvalue weighted by atomic mass is 9.62. The highest BCUT2D eigenvalue weighted by Crippen LogP contribution is 2.47. The summed E-state index contributed by atoms with van der Waals surface area (Å²) in [6.07, 6.45) is 9.98. The molecule has 1 aromatic heterocycles. The molecule has 10 heteroatoms. The van der Waals surface area contributed by atoms with Gasteiger partial charge in [0, 0.05) is 44.5 Å². The summed E-state index contributed by atoms with van der Waals surface area (Å²) in [4.78, 5) is 29.7. The Labute approximate surface area is 258 Å². The van der Waals surface area contributed by atoms with Crippen molar-refractivity contribution < 1.29 is 9.59 Å². The second kappa shape index (κ2) is 13.1. The monoisotopic (exact) mass is 603 g/mol. The number of rotatable bonds is 8. The highest BCUT2D eigenvalue weighted by molar-refractivity contribution is 6.30. The van der Waals surface area contributed by atoms with Crippen LogP contribution in [-0.4, -0.2) is 62.1 Å². The maximum Gasteiger partial charge on any atom is 0.245 e. The second-order valence-electron chi connectivity index (χ2n) is 12.7. The number of carbonyl (C=O) groups is 2. The molecule has 2 atom stereocenters. The molecule has 3 heterocycles. The summed E-state index contributed by atoms with van der Waals surface area (Å²) in [7, 11) is 1.91. The van der Waals surface area contributed by atoms with Crippen molar-refractivity contribution in [3.8, 4) is 0 Å². The van der Waals surface area contributed by atoms with Gasteiger partial charge in [-0.2, -0.15) is 0 Å². The van der Waals surface area contributed by atoms with Gasteiger partial charge in [-0.1, -0.05) is 67.3 Å². The first kappa shape index (κ1) is 29.8. The van der Waals surface area contributed by atoms with Gasteiger partial charge in [0.05, 0.1) is 6.04 Å². The van der Waals surface area contributed by atoms with Crippen LogP contribution in [-0.2, 0) is 42.4 Å². The van der Waals surface area contributed by atoms with Crippen molar-refractivity contribution >= 4 is 23.4 Å². The zero-order valence-electron chi connectivity index (χ0n) is 25.0. The summed E-state index contributed by atoms with van der Waals surface area (Å²) in [5.74, 6) is 1.38. The highest BCUT2D eigenvalue weighted by atomic mass is 35.5. The molecule has 3 aliphatic rings. The van der Waals surface area contributed by atoms with Crippen LogP contribution in [0.15, 0.2) is 48.5 Å². The molecule has 1 aliphatic carbocycles. The molecule has 0 spiro atoms. The molecule has 0 unspecified atom stereocenters. The fraction of sp³-hybridized carbons (Fsp3) is 0.545. The first-order valence-electron chi connectivity index (χ1n) is 15.8. The standard InChI is InChI=1S/C33H42ClN7O2/c1-40-30(37-38-39-40)21-33(26-9-3-2-4-10-26)15-17-41(18-16-33)32(43)29(19-23-11-13-27(34)14-12-23)36-31(42)28-20-24-7-5-6-8-25(24)22-35-28/h5-8,11-14,26,28-29,35H,2-4,9-10,15-22H2,1H3,(H,36,42)/t28-,29-/m0/s1. The van der Waals surface area contributed by atoms with E-state index >= 15 is 0 Å². The van der Waals surface area contributed by atoms with Crippen molar-refractivity contribution in [1.82, 2.24) is 35.7 Å². The number of likely N-dealkylation sites (tertiary alicyclic amines) is 1. The van der Waals surface area contributed by atoms with Crippen LogP contribution in [0.1, 0.15) is 67.5 Å². The van der Waals surface area contributed by atoms with Crippen molar-refractivity contribution in [2.45, 2.75) is 82.8 Å². The van der Waals surface area contributed by atoms with E-state index in [1.54, 1.807) is 4.68 Å². The van der Waals surface area contributed by atoms with Crippen LogP contribution >= 0.6 is 11.6 Å². The van der Waals surface area contributed by atoms with Gasteiger partial charge in [-0.25, -0.2) is 4.68 Å². The van der Waals surface area contributed by atoms with Gasteiger partial charge in [-0.15, -0.1) is 5.10 Å². The van der Waals surface area contributed by atoms with Gasteiger partial charge >= 0.3 is 0 Å². The lowest BCUT2D eigenvalue weighted by Gasteiger charge is -2.48. The fourth-order valence-electron chi connectivity index (χ4n) is 7.52. The quantitative estimate of drug-likeness (QED) is 0.403. The SMILES string of the molecule is Cn1nnnc1CC1(C2CCCCC2)CCN(C(=O)[C@H](Cc2ccc(Cl)cc2)NC(=O)[C@@H]2Cc3ccccc3CN2)CC1. The number of amides is 2. The van der Waals surface area contributed by atoms with Gasteiger partial charge in [0.1, 0.15) is 6.04 Å². The summed E-state index contributed by atoms with van der Waals surface area (Å²) >= 11 is 6.14. The number of piperidine rings is 1. The van der Waals surface area contributed by atoms with E-state index in [4.69, 9.17) is 11.6 Å². The lowest BCUT2D eigenvalue weighted by molar-refractivity contribution is -0.139. The average Bonchev–Trinajstić information content (AvgIpc) is 3.45. The molecule has 2 N–H and O–H groups in total. The van der Waals surface area contributed by atoms with Crippen molar-refractivity contribution in [3.63, 3.8) is 0 Å². The lowest BCUT2D eigenvalue weighted by Crippen LogP contribution is -2.57. The van der Waals surface area contributed by atoms with Gasteiger partial charge in [0.25, 0.3) is 0 Å². The van der Waals surface area contributed by atoms with Crippen LogP contribution in [0.4, 0.5) is 0 Å². The normalized spacial score (nSPS) is 21.2. The Balaban J connectivity index is 1.17. The third kappa shape index (κ3) is 6.78. The van der Waals surface area contributed by atoms with E-state index in [0.717, 1.165) is 30.7 Å². The molecule has 43 heavy (non-hydrogen) atoms. The van der Waals surface area contributed by atoms with Crippen molar-refractivity contribution in [2.75, 3.05) is 13.1 Å². The molecule has 2 fully saturated rings. The van der Waals surface area contributed by atoms with E-state index < -0.39 is 6.04 Å². The first-order valence-corrected chi connectivity index (χ1v) is 16.1. The molecule has 228 valence electrons. The molecule has 2 aromatic carbocycles. The summed E-state index contributed by atoms with van der Waals surface area (Å²) in [5.41, 5.74) is 3.43. The third-order valence-corrected chi connectivity index (χ3v) is 10.4. The van der Waals surface area contributed by atoms with Crippen molar-refractivity contribution in [2.24, 2.45) is 18.4 Å². The van der Waals surface area contributed by atoms with E-state index in [-0.39, 0.29) is 23.3 Å². The molecule has 0 radical (unpaired) electrons. The van der Waals surface area contributed by atoms with Crippen LogP contribution in [0.25, 0.3) is 0 Å². The molecule has 1 saturated heterocycles. The van der Waals surface area contributed by atoms with Crippen molar-refractivity contribution in [3.05, 3.63) is 76.1 Å². The number of aromatic nitrogens is 4. The number of fused-ring (bicyclic) bond motifs is 1. The zero-order chi connectivity index (χ0) is 29.8. The van der Waals surface area contributed by atoms with E-state index in [9.17, 15) is 9.59 Å². The minimum atomic E-state index is -0.655. The third-order valence-electron chi connectivity index (χ3n) is 10.1. The second-order valence-corrected chi connectivity index (χ2v) is 13.2. The number of nitrogens with one attached hydrogen (secondary N) is 2. The summed E-state index contributed by atoms with van der Waals surface area (Å²) in [6.45, 7) is 1.98. The number of hydrogen-bond acceptors (Lipinski definition) is 6. The van der Waals surface area contributed by atoms with Crippen LogP contribution < -0.4 is 10.6 Å². The highest BCUT2D eigenvalue weighted by Gasteiger charge is 2.44. The smallest absolute Gasteiger partial charge is 0.245 e. The van der Waals surface area contributed by atoms with Gasteiger partial charge in [0.2, 0.25) is 11.8 Å². The predicted octanol–water partition coefficient (Wildman–Crippen LogP) is 4.04. The topological polar surface area (TPSA) is 105 Å². The molecule has 2 amide bonds. The summed E-state index contributed by atoms with van der Waals surface area (Å²) < 4.78 is 1.79. The largest absolute Gasteiger partial charge is 0.343 e. The fourth-order valence-corrected chi connectivity index (χ4v) is 7.64. The number of carbonyl (C=O) groups excluding carboxylic acids is 2. The molecule has 1 saturated carbocycles. The van der Waals surface area contributed by atoms with Gasteiger partial charge in [-0.3, -0.25) is 9.59 Å². The summed E-state index contributed by atoms with van der Waals surface area (Å²) in [5, 5.41) is 19.5. The average molecular weight is 604 g/mol. The number of halogens is 1. The molecule has 2 aliphatic heterocycles. The summed E-state index contributed by atoms with van der Waals surface area (Å²) in [6, 6.07) is 14.7. The van der Waals surface area contributed by atoms with E-state index in [0.29, 0.717) is 43.4 Å². The van der Waals surface area contributed by atoms with Crippen LogP contribution in [0.2, 0.25) is 5.02 Å². The molecule has 0 bridgehead atoms. The molecule has 3 aromatic rings.